The number of thiophene rings is 1. The molecule has 0 aliphatic heterocycles. The average Bonchev–Trinajstić information content (AvgIpc) is 2.81. The van der Waals surface area contributed by atoms with E-state index in [1.807, 2.05) is 0 Å². The van der Waals surface area contributed by atoms with Crippen molar-refractivity contribution in [3.63, 3.8) is 0 Å². The number of nitrogens with two attached hydrogens (primary N) is 1. The third-order valence-corrected chi connectivity index (χ3v) is 3.75. The first kappa shape index (κ1) is 14.3. The molecular weight excluding hydrogens is 302 g/mol. The van der Waals surface area contributed by atoms with E-state index in [0.717, 1.165) is 4.88 Å². The molecule has 1 aromatic heterocycles. The van der Waals surface area contributed by atoms with Gasteiger partial charge in [-0.2, -0.15) is 0 Å². The molecule has 0 aliphatic carbocycles. The second-order valence-electron chi connectivity index (χ2n) is 3.92. The van der Waals surface area contributed by atoms with Crippen LogP contribution in [0.4, 0.5) is 11.4 Å². The van der Waals surface area contributed by atoms with Crippen molar-refractivity contribution in [1.29, 1.82) is 0 Å². The first-order chi connectivity index (χ1) is 9.47. The molecule has 0 spiro atoms. The van der Waals surface area contributed by atoms with Crippen LogP contribution >= 0.6 is 22.9 Å². The molecule has 0 aliphatic rings. The molecule has 1 aromatic carbocycles. The fourth-order valence-corrected chi connectivity index (χ4v) is 2.63. The van der Waals surface area contributed by atoms with Gasteiger partial charge in [0.2, 0.25) is 0 Å². The maximum Gasteiger partial charge on any atom is 0.282 e. The van der Waals surface area contributed by atoms with Crippen LogP contribution < -0.4 is 11.1 Å². The predicted molar refractivity (Wildman–Crippen MR) is 78.0 cm³/mol. The van der Waals surface area contributed by atoms with E-state index in [9.17, 15) is 14.9 Å². The summed E-state index contributed by atoms with van der Waals surface area (Å²) in [6, 6.07) is 7.38. The number of nitro benzene ring substituents is 1. The molecule has 2 aromatic rings. The van der Waals surface area contributed by atoms with Crippen molar-refractivity contribution in [3.8, 4) is 0 Å². The molecule has 0 bridgehead atoms. The predicted octanol–water partition coefficient (Wildman–Crippen LogP) is 2.82. The standard InChI is InChI=1S/C12H10ClN3O3S/c13-11-4-2-8(20-11)6-15-12(17)9-5-7(14)1-3-10(9)16(18)19/h1-5H,6,14H2,(H,15,17). The molecular formula is C12H10ClN3O3S. The first-order valence-corrected chi connectivity index (χ1v) is 6.73. The van der Waals surface area contributed by atoms with Gasteiger partial charge in [0.1, 0.15) is 5.56 Å². The molecule has 0 saturated heterocycles. The number of nitrogen functional groups attached to an aromatic ring is 1. The van der Waals surface area contributed by atoms with E-state index in [2.05, 4.69) is 5.32 Å². The minimum atomic E-state index is -0.615. The highest BCUT2D eigenvalue weighted by atomic mass is 35.5. The number of benzene rings is 1. The molecule has 3 N–H and O–H groups in total. The van der Waals surface area contributed by atoms with Crippen molar-refractivity contribution in [3.05, 3.63) is 55.2 Å². The number of hydrogen-bond donors (Lipinski definition) is 2. The first-order valence-electron chi connectivity index (χ1n) is 5.53. The van der Waals surface area contributed by atoms with E-state index in [-0.39, 0.29) is 17.8 Å². The summed E-state index contributed by atoms with van der Waals surface area (Å²) >= 11 is 7.11. The van der Waals surface area contributed by atoms with Gasteiger partial charge in [-0.25, -0.2) is 0 Å². The summed E-state index contributed by atoms with van der Waals surface area (Å²) in [5.41, 5.74) is 5.51. The monoisotopic (exact) mass is 311 g/mol. The number of rotatable bonds is 4. The third-order valence-electron chi connectivity index (χ3n) is 2.51. The number of nitrogens with one attached hydrogen (secondary N) is 1. The quantitative estimate of drug-likeness (QED) is 0.515. The number of halogens is 1. The fraction of sp³-hybridized carbons (Fsp3) is 0.0833. The highest BCUT2D eigenvalue weighted by molar-refractivity contribution is 7.16. The molecule has 20 heavy (non-hydrogen) atoms. The van der Waals surface area contributed by atoms with E-state index in [4.69, 9.17) is 17.3 Å². The van der Waals surface area contributed by atoms with Crippen LogP contribution in [0, 0.1) is 10.1 Å². The Hall–Kier alpha value is -2.12. The Morgan fingerprint density at radius 2 is 2.15 bits per heavy atom. The van der Waals surface area contributed by atoms with E-state index in [1.54, 1.807) is 12.1 Å². The lowest BCUT2D eigenvalue weighted by molar-refractivity contribution is -0.385. The lowest BCUT2D eigenvalue weighted by Gasteiger charge is -2.05. The minimum Gasteiger partial charge on any atom is -0.399 e. The molecule has 2 rings (SSSR count). The second kappa shape index (κ2) is 5.89. The van der Waals surface area contributed by atoms with Gasteiger partial charge in [0.05, 0.1) is 15.8 Å². The SMILES string of the molecule is Nc1ccc([N+](=O)[O-])c(C(=O)NCc2ccc(Cl)s2)c1. The van der Waals surface area contributed by atoms with E-state index >= 15 is 0 Å². The zero-order valence-electron chi connectivity index (χ0n) is 10.1. The van der Waals surface area contributed by atoms with Crippen molar-refractivity contribution >= 4 is 40.2 Å². The van der Waals surface area contributed by atoms with Gasteiger partial charge in [0.25, 0.3) is 11.6 Å². The molecule has 1 heterocycles. The van der Waals surface area contributed by atoms with Crippen LogP contribution in [0.1, 0.15) is 15.2 Å². The molecule has 0 fully saturated rings. The van der Waals surface area contributed by atoms with Crippen LogP contribution in [-0.2, 0) is 6.54 Å². The smallest absolute Gasteiger partial charge is 0.282 e. The van der Waals surface area contributed by atoms with Crippen LogP contribution in [0.5, 0.6) is 0 Å². The van der Waals surface area contributed by atoms with E-state index in [1.165, 1.54) is 29.5 Å². The van der Waals surface area contributed by atoms with Gasteiger partial charge in [-0.1, -0.05) is 11.6 Å². The van der Waals surface area contributed by atoms with Gasteiger partial charge < -0.3 is 11.1 Å². The largest absolute Gasteiger partial charge is 0.399 e. The lowest BCUT2D eigenvalue weighted by atomic mass is 10.1. The van der Waals surface area contributed by atoms with Gasteiger partial charge in [-0.3, -0.25) is 14.9 Å². The summed E-state index contributed by atoms with van der Waals surface area (Å²) in [7, 11) is 0. The maximum atomic E-state index is 12.0. The van der Waals surface area contributed by atoms with Gasteiger partial charge in [0.15, 0.2) is 0 Å². The summed E-state index contributed by atoms with van der Waals surface area (Å²) < 4.78 is 0.615. The number of anilines is 1. The molecule has 0 radical (unpaired) electrons. The fourth-order valence-electron chi connectivity index (χ4n) is 1.60. The average molecular weight is 312 g/mol. The number of nitrogens with zero attached hydrogens (tertiary/aromatic N) is 1. The summed E-state index contributed by atoms with van der Waals surface area (Å²) in [5, 5.41) is 13.5. The molecule has 1 amide bonds. The summed E-state index contributed by atoms with van der Waals surface area (Å²) in [5.74, 6) is -0.548. The van der Waals surface area contributed by atoms with Crippen LogP contribution in [0.15, 0.2) is 30.3 Å². The number of amides is 1. The number of carbonyl (C=O) groups is 1. The highest BCUT2D eigenvalue weighted by Crippen LogP contribution is 2.23. The Balaban J connectivity index is 2.16. The maximum absolute atomic E-state index is 12.0. The Labute approximate surface area is 123 Å². The van der Waals surface area contributed by atoms with Crippen molar-refractivity contribution in [1.82, 2.24) is 5.32 Å². The Bertz CT molecular complexity index is 672. The minimum absolute atomic E-state index is 0.0577. The van der Waals surface area contributed by atoms with Gasteiger partial charge >= 0.3 is 0 Å². The van der Waals surface area contributed by atoms with Gasteiger partial charge in [-0.05, 0) is 24.3 Å². The van der Waals surface area contributed by atoms with Gasteiger partial charge in [0, 0.05) is 16.6 Å². The number of carbonyl (C=O) groups excluding carboxylic acids is 1. The molecule has 8 heteroatoms. The van der Waals surface area contributed by atoms with Crippen molar-refractivity contribution < 1.29 is 9.72 Å². The lowest BCUT2D eigenvalue weighted by Crippen LogP contribution is -2.23. The normalized spacial score (nSPS) is 10.2. The summed E-state index contributed by atoms with van der Waals surface area (Å²) in [6.07, 6.45) is 0. The Kier molecular flexibility index (Phi) is 4.21. The van der Waals surface area contributed by atoms with Gasteiger partial charge in [-0.15, -0.1) is 11.3 Å². The van der Waals surface area contributed by atoms with E-state index < -0.39 is 10.8 Å². The Morgan fingerprint density at radius 1 is 1.40 bits per heavy atom. The summed E-state index contributed by atoms with van der Waals surface area (Å²) in [4.78, 5) is 23.1. The van der Waals surface area contributed by atoms with Crippen molar-refractivity contribution in [2.24, 2.45) is 0 Å². The Morgan fingerprint density at radius 3 is 2.75 bits per heavy atom. The van der Waals surface area contributed by atoms with Crippen LogP contribution in [0.2, 0.25) is 4.34 Å². The number of nitro groups is 1. The molecule has 6 nitrogen and oxygen atoms in total. The topological polar surface area (TPSA) is 98.3 Å². The highest BCUT2D eigenvalue weighted by Gasteiger charge is 2.20. The summed E-state index contributed by atoms with van der Waals surface area (Å²) in [6.45, 7) is 0.252. The molecule has 0 unspecified atom stereocenters. The zero-order valence-corrected chi connectivity index (χ0v) is 11.7. The van der Waals surface area contributed by atoms with Crippen LogP contribution in [0.3, 0.4) is 0 Å². The second-order valence-corrected chi connectivity index (χ2v) is 5.72. The molecule has 104 valence electrons. The van der Waals surface area contributed by atoms with Crippen molar-refractivity contribution in [2.45, 2.75) is 6.54 Å². The van der Waals surface area contributed by atoms with E-state index in [0.29, 0.717) is 10.0 Å². The van der Waals surface area contributed by atoms with Crippen molar-refractivity contribution in [2.75, 3.05) is 5.73 Å². The molecule has 0 atom stereocenters. The van der Waals surface area contributed by atoms with Crippen LogP contribution in [0.25, 0.3) is 0 Å². The zero-order chi connectivity index (χ0) is 14.7. The molecule has 0 saturated carbocycles. The third kappa shape index (κ3) is 3.25. The number of hydrogen-bond acceptors (Lipinski definition) is 5. The van der Waals surface area contributed by atoms with Crippen LogP contribution in [-0.4, -0.2) is 10.8 Å².